The first-order chi connectivity index (χ1) is 14.6. The molecule has 0 atom stereocenters. The molecule has 152 valence electrons. The fourth-order valence-electron chi connectivity index (χ4n) is 3.32. The third kappa shape index (κ3) is 4.27. The monoisotopic (exact) mass is 401 g/mol. The molecular weight excluding hydrogens is 378 g/mol. The fourth-order valence-corrected chi connectivity index (χ4v) is 3.32. The minimum absolute atomic E-state index is 0.129. The van der Waals surface area contributed by atoms with Crippen molar-refractivity contribution >= 4 is 22.6 Å². The number of carbonyl (C=O) groups is 1. The molecule has 1 aromatic heterocycles. The summed E-state index contributed by atoms with van der Waals surface area (Å²) in [5, 5.41) is 2.92. The van der Waals surface area contributed by atoms with Gasteiger partial charge in [-0.2, -0.15) is 0 Å². The lowest BCUT2D eigenvalue weighted by Gasteiger charge is -2.12. The second kappa shape index (κ2) is 8.69. The first-order valence-electron chi connectivity index (χ1n) is 9.70. The number of imidazole rings is 1. The largest absolute Gasteiger partial charge is 0.497 e. The summed E-state index contributed by atoms with van der Waals surface area (Å²) in [5.41, 5.74) is 3.45. The maximum absolute atomic E-state index is 12.8. The van der Waals surface area contributed by atoms with Crippen molar-refractivity contribution in [3.05, 3.63) is 84.2 Å². The second-order valence-corrected chi connectivity index (χ2v) is 6.94. The summed E-state index contributed by atoms with van der Waals surface area (Å²) < 4.78 is 13.1. The molecule has 3 aromatic carbocycles. The number of amides is 1. The van der Waals surface area contributed by atoms with Crippen molar-refractivity contribution in [1.82, 2.24) is 9.55 Å². The zero-order chi connectivity index (χ0) is 20.9. The zero-order valence-corrected chi connectivity index (χ0v) is 17.0. The van der Waals surface area contributed by atoms with Crippen LogP contribution in [0.3, 0.4) is 0 Å². The number of rotatable bonds is 7. The number of para-hydroxylation sites is 3. The quantitative estimate of drug-likeness (QED) is 0.493. The lowest BCUT2D eigenvalue weighted by atomic mass is 10.2. The first-order valence-corrected chi connectivity index (χ1v) is 9.70. The predicted molar refractivity (Wildman–Crippen MR) is 117 cm³/mol. The number of aryl methyl sites for hydroxylation is 1. The summed E-state index contributed by atoms with van der Waals surface area (Å²) in [6, 6.07) is 22.9. The molecule has 0 spiro atoms. The van der Waals surface area contributed by atoms with Gasteiger partial charge in [0.15, 0.2) is 0 Å². The molecule has 0 saturated heterocycles. The summed E-state index contributed by atoms with van der Waals surface area (Å²) in [5.74, 6) is 2.04. The molecule has 1 heterocycles. The molecule has 6 heteroatoms. The third-order valence-corrected chi connectivity index (χ3v) is 4.84. The van der Waals surface area contributed by atoms with Crippen LogP contribution in [0.5, 0.6) is 11.5 Å². The molecule has 6 nitrogen and oxygen atoms in total. The van der Waals surface area contributed by atoms with Crippen LogP contribution in [0.4, 0.5) is 5.69 Å². The summed E-state index contributed by atoms with van der Waals surface area (Å²) in [4.78, 5) is 17.4. The molecule has 4 rings (SSSR count). The van der Waals surface area contributed by atoms with E-state index in [1.807, 2.05) is 78.2 Å². The smallest absolute Gasteiger partial charge is 0.244 e. The van der Waals surface area contributed by atoms with Gasteiger partial charge in [0.05, 0.1) is 18.1 Å². The molecule has 1 N–H and O–H groups in total. The minimum atomic E-state index is -0.149. The lowest BCUT2D eigenvalue weighted by Crippen LogP contribution is -2.20. The molecule has 0 aliphatic carbocycles. The minimum Gasteiger partial charge on any atom is -0.497 e. The van der Waals surface area contributed by atoms with E-state index in [4.69, 9.17) is 9.47 Å². The van der Waals surface area contributed by atoms with Gasteiger partial charge in [-0.15, -0.1) is 0 Å². The second-order valence-electron chi connectivity index (χ2n) is 6.94. The van der Waals surface area contributed by atoms with E-state index in [2.05, 4.69) is 10.3 Å². The van der Waals surface area contributed by atoms with Crippen LogP contribution >= 0.6 is 0 Å². The number of hydrogen-bond acceptors (Lipinski definition) is 4. The highest BCUT2D eigenvalue weighted by molar-refractivity contribution is 5.92. The van der Waals surface area contributed by atoms with E-state index in [9.17, 15) is 4.79 Å². The molecule has 0 unspecified atom stereocenters. The van der Waals surface area contributed by atoms with Crippen LogP contribution in [0.2, 0.25) is 0 Å². The summed E-state index contributed by atoms with van der Waals surface area (Å²) in [6.07, 6.45) is 0. The maximum Gasteiger partial charge on any atom is 0.244 e. The third-order valence-electron chi connectivity index (χ3n) is 4.84. The number of aromatic nitrogens is 2. The van der Waals surface area contributed by atoms with E-state index >= 15 is 0 Å². The summed E-state index contributed by atoms with van der Waals surface area (Å²) in [7, 11) is 1.60. The number of benzene rings is 3. The van der Waals surface area contributed by atoms with Crippen LogP contribution in [0.25, 0.3) is 11.0 Å². The van der Waals surface area contributed by atoms with Crippen LogP contribution in [-0.2, 0) is 17.9 Å². The highest BCUT2D eigenvalue weighted by atomic mass is 16.5. The average Bonchev–Trinajstić information content (AvgIpc) is 3.10. The highest BCUT2D eigenvalue weighted by Crippen LogP contribution is 2.21. The Morgan fingerprint density at radius 1 is 1.03 bits per heavy atom. The van der Waals surface area contributed by atoms with E-state index in [1.165, 1.54) is 0 Å². The first kappa shape index (κ1) is 19.5. The van der Waals surface area contributed by atoms with Gasteiger partial charge in [0, 0.05) is 11.8 Å². The number of carbonyl (C=O) groups excluding carboxylic acids is 1. The van der Waals surface area contributed by atoms with Gasteiger partial charge in [0.1, 0.15) is 30.5 Å². The Hall–Kier alpha value is -3.80. The maximum atomic E-state index is 12.8. The van der Waals surface area contributed by atoms with Crippen LogP contribution in [0.1, 0.15) is 11.4 Å². The van der Waals surface area contributed by atoms with Gasteiger partial charge in [-0.25, -0.2) is 4.98 Å². The van der Waals surface area contributed by atoms with Gasteiger partial charge in [0.2, 0.25) is 5.91 Å². The zero-order valence-electron chi connectivity index (χ0n) is 17.0. The van der Waals surface area contributed by atoms with Crippen LogP contribution in [0.15, 0.2) is 72.8 Å². The van der Waals surface area contributed by atoms with Crippen LogP contribution in [0, 0.1) is 6.92 Å². The Morgan fingerprint density at radius 2 is 1.83 bits per heavy atom. The van der Waals surface area contributed by atoms with E-state index in [1.54, 1.807) is 13.2 Å². The Balaban J connectivity index is 1.56. The number of nitrogens with one attached hydrogen (secondary N) is 1. The van der Waals surface area contributed by atoms with Gasteiger partial charge in [-0.3, -0.25) is 4.79 Å². The summed E-state index contributed by atoms with van der Waals surface area (Å²) in [6.45, 7) is 2.40. The molecule has 0 bridgehead atoms. The van der Waals surface area contributed by atoms with Crippen molar-refractivity contribution in [3.8, 4) is 11.5 Å². The average molecular weight is 401 g/mol. The van der Waals surface area contributed by atoms with Gasteiger partial charge in [-0.05, 0) is 42.8 Å². The number of hydrogen-bond donors (Lipinski definition) is 1. The molecule has 1 amide bonds. The van der Waals surface area contributed by atoms with E-state index in [-0.39, 0.29) is 19.1 Å². The van der Waals surface area contributed by atoms with Gasteiger partial charge in [-0.1, -0.05) is 36.4 Å². The summed E-state index contributed by atoms with van der Waals surface area (Å²) >= 11 is 0. The SMILES string of the molecule is COc1cccc(NC(=O)Cn2c(COc3ccccc3C)nc3ccccc32)c1. The number of anilines is 1. The van der Waals surface area contributed by atoms with Crippen molar-refractivity contribution in [2.24, 2.45) is 0 Å². The predicted octanol–water partition coefficient (Wildman–Crippen LogP) is 4.57. The number of ether oxygens (including phenoxy) is 2. The Bertz CT molecular complexity index is 1180. The van der Waals surface area contributed by atoms with Gasteiger partial charge >= 0.3 is 0 Å². The Morgan fingerprint density at radius 3 is 2.67 bits per heavy atom. The van der Waals surface area contributed by atoms with Crippen molar-refractivity contribution in [3.63, 3.8) is 0 Å². The van der Waals surface area contributed by atoms with E-state index < -0.39 is 0 Å². The van der Waals surface area contributed by atoms with Crippen molar-refractivity contribution in [2.75, 3.05) is 12.4 Å². The number of fused-ring (bicyclic) bond motifs is 1. The van der Waals surface area contributed by atoms with Crippen LogP contribution in [-0.4, -0.2) is 22.6 Å². The van der Waals surface area contributed by atoms with Crippen molar-refractivity contribution < 1.29 is 14.3 Å². The van der Waals surface area contributed by atoms with E-state index in [0.717, 1.165) is 22.3 Å². The molecule has 0 aliphatic heterocycles. The molecule has 30 heavy (non-hydrogen) atoms. The topological polar surface area (TPSA) is 65.4 Å². The Kier molecular flexibility index (Phi) is 5.66. The number of nitrogens with zero attached hydrogens (tertiary/aromatic N) is 2. The molecule has 0 aliphatic rings. The van der Waals surface area contributed by atoms with Crippen molar-refractivity contribution in [1.29, 1.82) is 0 Å². The number of methoxy groups -OCH3 is 1. The molecular formula is C24H23N3O3. The van der Waals surface area contributed by atoms with Gasteiger partial charge < -0.3 is 19.4 Å². The van der Waals surface area contributed by atoms with Crippen molar-refractivity contribution in [2.45, 2.75) is 20.1 Å². The standard InChI is InChI=1S/C24H23N3O3/c1-17-8-3-6-13-22(17)30-16-23-26-20-11-4-5-12-21(20)27(23)15-24(28)25-18-9-7-10-19(14-18)29-2/h3-14H,15-16H2,1-2H3,(H,25,28). The van der Waals surface area contributed by atoms with Gasteiger partial charge in [0.25, 0.3) is 0 Å². The molecule has 4 aromatic rings. The normalized spacial score (nSPS) is 10.7. The molecule has 0 fully saturated rings. The fraction of sp³-hybridized carbons (Fsp3) is 0.167. The van der Waals surface area contributed by atoms with E-state index in [0.29, 0.717) is 17.3 Å². The Labute approximate surface area is 175 Å². The molecule has 0 radical (unpaired) electrons. The molecule has 0 saturated carbocycles. The highest BCUT2D eigenvalue weighted by Gasteiger charge is 2.15. The lowest BCUT2D eigenvalue weighted by molar-refractivity contribution is -0.116. The van der Waals surface area contributed by atoms with Crippen LogP contribution < -0.4 is 14.8 Å².